The van der Waals surface area contributed by atoms with Crippen molar-refractivity contribution in [2.75, 3.05) is 5.73 Å². The molecule has 3 rings (SSSR count). The van der Waals surface area contributed by atoms with Crippen LogP contribution in [0.5, 0.6) is 0 Å². The molecular formula is C16H19N5. The molecule has 5 heteroatoms. The number of rotatable bonds is 4. The van der Waals surface area contributed by atoms with Crippen molar-refractivity contribution in [1.82, 2.24) is 14.8 Å². The maximum atomic E-state index is 8.89. The molecule has 1 fully saturated rings. The monoisotopic (exact) mass is 281 g/mol. The lowest BCUT2D eigenvalue weighted by atomic mass is 9.56. The average Bonchev–Trinajstić information content (AvgIpc) is 2.81. The standard InChI is InChI=1S/C16H19N5/c1-21-11-19-20-15(21)10-16(8-12(9-16)5-6-17)13-3-2-4-14(18)7-13/h2-4,7,11-12H,5,8-10,18H2,1H3/t12-,16-. The SMILES string of the molecule is Cn1cnnc1C[C@]1(c2cccc(N)c2)C[C@H](CC#N)C1. The number of anilines is 1. The van der Waals surface area contributed by atoms with E-state index < -0.39 is 0 Å². The number of nitriles is 1. The first-order chi connectivity index (χ1) is 10.1. The van der Waals surface area contributed by atoms with Crippen molar-refractivity contribution in [3.05, 3.63) is 42.0 Å². The van der Waals surface area contributed by atoms with Gasteiger partial charge in [0.25, 0.3) is 0 Å². The highest BCUT2D eigenvalue weighted by Gasteiger charge is 2.46. The summed E-state index contributed by atoms with van der Waals surface area (Å²) in [6, 6.07) is 10.4. The summed E-state index contributed by atoms with van der Waals surface area (Å²) in [6.07, 6.45) is 5.22. The van der Waals surface area contributed by atoms with E-state index in [1.165, 1.54) is 5.56 Å². The second kappa shape index (κ2) is 5.21. The minimum absolute atomic E-state index is 0.0394. The number of nitrogens with two attached hydrogens (primary N) is 1. The van der Waals surface area contributed by atoms with E-state index in [0.717, 1.165) is 30.8 Å². The first kappa shape index (κ1) is 13.6. The quantitative estimate of drug-likeness (QED) is 0.871. The van der Waals surface area contributed by atoms with E-state index in [0.29, 0.717) is 12.3 Å². The molecular weight excluding hydrogens is 262 g/mol. The zero-order chi connectivity index (χ0) is 14.9. The summed E-state index contributed by atoms with van der Waals surface area (Å²) in [5, 5.41) is 17.1. The first-order valence-electron chi connectivity index (χ1n) is 7.19. The topological polar surface area (TPSA) is 80.5 Å². The van der Waals surface area contributed by atoms with Gasteiger partial charge in [-0.15, -0.1) is 10.2 Å². The Hall–Kier alpha value is -2.35. The second-order valence-corrected chi connectivity index (χ2v) is 6.08. The van der Waals surface area contributed by atoms with Gasteiger partial charge in [-0.2, -0.15) is 5.26 Å². The van der Waals surface area contributed by atoms with Gasteiger partial charge in [0.1, 0.15) is 12.2 Å². The molecule has 0 aliphatic heterocycles. The molecule has 1 heterocycles. The van der Waals surface area contributed by atoms with Crippen LogP contribution in [0, 0.1) is 17.2 Å². The van der Waals surface area contributed by atoms with Gasteiger partial charge in [0.05, 0.1) is 6.07 Å². The Labute approximate surface area is 124 Å². The molecule has 0 spiro atoms. The minimum Gasteiger partial charge on any atom is -0.399 e. The minimum atomic E-state index is 0.0394. The van der Waals surface area contributed by atoms with E-state index in [4.69, 9.17) is 11.0 Å². The molecule has 5 nitrogen and oxygen atoms in total. The van der Waals surface area contributed by atoms with Crippen molar-refractivity contribution < 1.29 is 0 Å². The van der Waals surface area contributed by atoms with E-state index in [9.17, 15) is 0 Å². The van der Waals surface area contributed by atoms with Crippen molar-refractivity contribution in [3.63, 3.8) is 0 Å². The predicted molar refractivity (Wildman–Crippen MR) is 80.2 cm³/mol. The van der Waals surface area contributed by atoms with Gasteiger partial charge < -0.3 is 10.3 Å². The fourth-order valence-corrected chi connectivity index (χ4v) is 3.44. The maximum Gasteiger partial charge on any atom is 0.133 e. The van der Waals surface area contributed by atoms with Crippen LogP contribution in [-0.2, 0) is 18.9 Å². The van der Waals surface area contributed by atoms with Crippen LogP contribution in [-0.4, -0.2) is 14.8 Å². The van der Waals surface area contributed by atoms with Crippen LogP contribution < -0.4 is 5.73 Å². The molecule has 0 radical (unpaired) electrons. The van der Waals surface area contributed by atoms with Gasteiger partial charge in [0.2, 0.25) is 0 Å². The van der Waals surface area contributed by atoms with Crippen LogP contribution in [0.25, 0.3) is 0 Å². The molecule has 1 aromatic heterocycles. The lowest BCUT2D eigenvalue weighted by Gasteiger charge is -2.47. The largest absolute Gasteiger partial charge is 0.399 e. The lowest BCUT2D eigenvalue weighted by Crippen LogP contribution is -2.43. The Morgan fingerprint density at radius 2 is 2.29 bits per heavy atom. The van der Waals surface area contributed by atoms with Gasteiger partial charge in [-0.25, -0.2) is 0 Å². The fraction of sp³-hybridized carbons (Fsp3) is 0.438. The van der Waals surface area contributed by atoms with Crippen LogP contribution in [0.3, 0.4) is 0 Å². The second-order valence-electron chi connectivity index (χ2n) is 6.08. The molecule has 0 saturated heterocycles. The number of benzene rings is 1. The molecule has 0 bridgehead atoms. The highest BCUT2D eigenvalue weighted by atomic mass is 15.2. The van der Waals surface area contributed by atoms with Crippen molar-refractivity contribution >= 4 is 5.69 Å². The Morgan fingerprint density at radius 3 is 2.90 bits per heavy atom. The van der Waals surface area contributed by atoms with Crippen LogP contribution in [0.4, 0.5) is 5.69 Å². The zero-order valence-electron chi connectivity index (χ0n) is 12.2. The van der Waals surface area contributed by atoms with Crippen LogP contribution >= 0.6 is 0 Å². The van der Waals surface area contributed by atoms with E-state index in [1.54, 1.807) is 6.33 Å². The summed E-state index contributed by atoms with van der Waals surface area (Å²) in [4.78, 5) is 0. The summed E-state index contributed by atoms with van der Waals surface area (Å²) in [5.74, 6) is 1.46. The third kappa shape index (κ3) is 2.49. The van der Waals surface area contributed by atoms with Crippen LogP contribution in [0.15, 0.2) is 30.6 Å². The normalized spacial score (nSPS) is 24.3. The number of hydrogen-bond acceptors (Lipinski definition) is 4. The molecule has 1 aromatic carbocycles. The number of aryl methyl sites for hydroxylation is 1. The zero-order valence-corrected chi connectivity index (χ0v) is 12.2. The van der Waals surface area contributed by atoms with Crippen molar-refractivity contribution in [2.45, 2.75) is 31.1 Å². The molecule has 1 aliphatic carbocycles. The van der Waals surface area contributed by atoms with E-state index in [1.807, 2.05) is 23.7 Å². The Morgan fingerprint density at radius 1 is 1.48 bits per heavy atom. The Bertz CT molecular complexity index is 676. The summed E-state index contributed by atoms with van der Waals surface area (Å²) in [5.41, 5.74) is 8.02. The molecule has 0 atom stereocenters. The van der Waals surface area contributed by atoms with E-state index in [-0.39, 0.29) is 5.41 Å². The van der Waals surface area contributed by atoms with E-state index >= 15 is 0 Å². The van der Waals surface area contributed by atoms with Crippen molar-refractivity contribution in [3.8, 4) is 6.07 Å². The number of nitrogens with zero attached hydrogens (tertiary/aromatic N) is 4. The molecule has 1 saturated carbocycles. The number of nitrogen functional groups attached to an aromatic ring is 1. The molecule has 0 amide bonds. The average molecular weight is 281 g/mol. The number of aromatic nitrogens is 3. The van der Waals surface area contributed by atoms with Gasteiger partial charge in [0.15, 0.2) is 0 Å². The van der Waals surface area contributed by atoms with Crippen LogP contribution in [0.1, 0.15) is 30.7 Å². The summed E-state index contributed by atoms with van der Waals surface area (Å²) < 4.78 is 1.96. The van der Waals surface area contributed by atoms with Gasteiger partial charge in [0, 0.05) is 31.0 Å². The molecule has 21 heavy (non-hydrogen) atoms. The Kier molecular flexibility index (Phi) is 3.38. The van der Waals surface area contributed by atoms with Crippen LogP contribution in [0.2, 0.25) is 0 Å². The summed E-state index contributed by atoms with van der Waals surface area (Å²) in [6.45, 7) is 0. The lowest BCUT2D eigenvalue weighted by molar-refractivity contribution is 0.140. The maximum absolute atomic E-state index is 8.89. The molecule has 2 aromatic rings. The van der Waals surface area contributed by atoms with Gasteiger partial charge in [-0.3, -0.25) is 0 Å². The highest BCUT2D eigenvalue weighted by Crippen LogP contribution is 2.51. The first-order valence-corrected chi connectivity index (χ1v) is 7.19. The third-order valence-corrected chi connectivity index (χ3v) is 4.54. The summed E-state index contributed by atoms with van der Waals surface area (Å²) in [7, 11) is 1.97. The van der Waals surface area contributed by atoms with Crippen molar-refractivity contribution in [2.24, 2.45) is 13.0 Å². The highest BCUT2D eigenvalue weighted by molar-refractivity contribution is 5.45. The molecule has 108 valence electrons. The molecule has 0 unspecified atom stereocenters. The number of hydrogen-bond donors (Lipinski definition) is 1. The Balaban J connectivity index is 1.90. The summed E-state index contributed by atoms with van der Waals surface area (Å²) >= 11 is 0. The van der Waals surface area contributed by atoms with Crippen molar-refractivity contribution in [1.29, 1.82) is 5.26 Å². The van der Waals surface area contributed by atoms with E-state index in [2.05, 4.69) is 28.4 Å². The van der Waals surface area contributed by atoms with Gasteiger partial charge in [-0.1, -0.05) is 12.1 Å². The van der Waals surface area contributed by atoms with Gasteiger partial charge in [-0.05, 0) is 36.5 Å². The molecule has 1 aliphatic rings. The third-order valence-electron chi connectivity index (χ3n) is 4.54. The van der Waals surface area contributed by atoms with Gasteiger partial charge >= 0.3 is 0 Å². The fourth-order valence-electron chi connectivity index (χ4n) is 3.44. The predicted octanol–water partition coefficient (Wildman–Crippen LogP) is 2.20. The molecule has 2 N–H and O–H groups in total. The smallest absolute Gasteiger partial charge is 0.133 e.